The molecule has 4 rings (SSSR count). The second-order valence-electron chi connectivity index (χ2n) is 8.30. The number of benzene rings is 2. The summed E-state index contributed by atoms with van der Waals surface area (Å²) in [6, 6.07) is 10.9. The molecule has 1 N–H and O–H groups in total. The molecule has 0 aromatic heterocycles. The molecule has 1 aliphatic heterocycles. The summed E-state index contributed by atoms with van der Waals surface area (Å²) in [4.78, 5) is 26.4. The molecule has 0 amide bonds. The number of nitrogens with one attached hydrogen (secondary N) is 1. The zero-order chi connectivity index (χ0) is 24.6. The van der Waals surface area contributed by atoms with Crippen LogP contribution in [0.4, 0.5) is 0 Å². The average Bonchev–Trinajstić information content (AvgIpc) is 2.83. The van der Waals surface area contributed by atoms with Gasteiger partial charge in [0.2, 0.25) is 0 Å². The Balaban J connectivity index is 1.79. The maximum atomic E-state index is 13.6. The van der Waals surface area contributed by atoms with Crippen LogP contribution in [0.25, 0.3) is 0 Å². The van der Waals surface area contributed by atoms with E-state index >= 15 is 0 Å². The Hall–Kier alpha value is -2.96. The fourth-order valence-electron chi connectivity index (χ4n) is 4.79. The molecular weight excluding hydrogens is 477 g/mol. The number of methoxy groups -OCH3 is 3. The van der Waals surface area contributed by atoms with E-state index in [1.165, 1.54) is 7.11 Å². The van der Waals surface area contributed by atoms with Crippen LogP contribution in [0.5, 0.6) is 11.5 Å². The number of esters is 1. The van der Waals surface area contributed by atoms with Gasteiger partial charge in [0.15, 0.2) is 17.3 Å². The van der Waals surface area contributed by atoms with Crippen molar-refractivity contribution in [1.82, 2.24) is 5.32 Å². The Morgan fingerprint density at radius 3 is 2.29 bits per heavy atom. The monoisotopic (exact) mass is 501 g/mol. The summed E-state index contributed by atoms with van der Waals surface area (Å²) in [5.41, 5.74) is 4.06. The lowest BCUT2D eigenvalue weighted by Gasteiger charge is -2.36. The Morgan fingerprint density at radius 1 is 0.941 bits per heavy atom. The second-order valence-corrected chi connectivity index (χ2v) is 9.11. The molecule has 178 valence electrons. The molecule has 0 saturated carbocycles. The van der Waals surface area contributed by atoms with Crippen molar-refractivity contribution in [3.63, 3.8) is 0 Å². The minimum absolute atomic E-state index is 0.0430. The zero-order valence-electron chi connectivity index (χ0n) is 19.3. The molecule has 0 spiro atoms. The summed E-state index contributed by atoms with van der Waals surface area (Å²) in [5, 5.41) is 4.07. The van der Waals surface area contributed by atoms with E-state index < -0.39 is 11.9 Å². The molecule has 8 heteroatoms. The minimum atomic E-state index is -0.600. The van der Waals surface area contributed by atoms with Crippen molar-refractivity contribution in [3.05, 3.63) is 80.1 Å². The normalized spacial score (nSPS) is 20.0. The Labute approximate surface area is 208 Å². The Morgan fingerprint density at radius 2 is 1.65 bits per heavy atom. The van der Waals surface area contributed by atoms with E-state index in [0.29, 0.717) is 56.8 Å². The number of halogens is 2. The van der Waals surface area contributed by atoms with Gasteiger partial charge in [-0.3, -0.25) is 4.79 Å². The van der Waals surface area contributed by atoms with Crippen molar-refractivity contribution in [3.8, 4) is 11.5 Å². The number of hydrogen-bond donors (Lipinski definition) is 1. The third kappa shape index (κ3) is 4.28. The van der Waals surface area contributed by atoms with E-state index in [9.17, 15) is 9.59 Å². The van der Waals surface area contributed by atoms with Gasteiger partial charge < -0.3 is 19.5 Å². The lowest BCUT2D eigenvalue weighted by molar-refractivity contribution is -0.136. The molecule has 2 aliphatic rings. The molecule has 0 unspecified atom stereocenters. The third-order valence-corrected chi connectivity index (χ3v) is 7.13. The van der Waals surface area contributed by atoms with Crippen LogP contribution in [0.1, 0.15) is 42.7 Å². The zero-order valence-corrected chi connectivity index (χ0v) is 20.8. The largest absolute Gasteiger partial charge is 0.493 e. The van der Waals surface area contributed by atoms with E-state index in [0.717, 1.165) is 11.3 Å². The molecule has 34 heavy (non-hydrogen) atoms. The SMILES string of the molecule is COC(=O)C1=C(C)NC2=C(C(=O)C[C@@H](c3ccc(OC)c(OC)c3)C2)[C@@H]1c1ccc(Cl)c(Cl)c1. The third-order valence-electron chi connectivity index (χ3n) is 6.39. The Bertz CT molecular complexity index is 1230. The van der Waals surface area contributed by atoms with Gasteiger partial charge in [0.25, 0.3) is 0 Å². The van der Waals surface area contributed by atoms with Gasteiger partial charge in [0, 0.05) is 29.3 Å². The molecule has 6 nitrogen and oxygen atoms in total. The van der Waals surface area contributed by atoms with Crippen LogP contribution in [0.15, 0.2) is 58.9 Å². The van der Waals surface area contributed by atoms with Crippen LogP contribution in [0, 0.1) is 0 Å². The second kappa shape index (κ2) is 9.72. The van der Waals surface area contributed by atoms with Crippen molar-refractivity contribution >= 4 is 35.0 Å². The number of carbonyl (C=O) groups excluding carboxylic acids is 2. The number of ketones is 1. The smallest absolute Gasteiger partial charge is 0.336 e. The van der Waals surface area contributed by atoms with Crippen molar-refractivity contribution in [2.45, 2.75) is 31.6 Å². The van der Waals surface area contributed by atoms with Gasteiger partial charge in [-0.15, -0.1) is 0 Å². The first-order valence-electron chi connectivity index (χ1n) is 10.8. The van der Waals surface area contributed by atoms with E-state index in [4.69, 9.17) is 37.4 Å². The van der Waals surface area contributed by atoms with Crippen molar-refractivity contribution < 1.29 is 23.8 Å². The number of Topliss-reactive ketones (excluding diaryl/α,β-unsaturated/α-hetero) is 1. The van der Waals surface area contributed by atoms with Crippen molar-refractivity contribution in [2.75, 3.05) is 21.3 Å². The molecule has 1 heterocycles. The summed E-state index contributed by atoms with van der Waals surface area (Å²) in [6.45, 7) is 1.81. The van der Waals surface area contributed by atoms with Crippen LogP contribution in [0.2, 0.25) is 10.0 Å². The van der Waals surface area contributed by atoms with E-state index in [-0.39, 0.29) is 11.7 Å². The van der Waals surface area contributed by atoms with Crippen molar-refractivity contribution in [2.24, 2.45) is 0 Å². The van der Waals surface area contributed by atoms with Crippen LogP contribution in [-0.2, 0) is 14.3 Å². The summed E-state index contributed by atoms with van der Waals surface area (Å²) >= 11 is 12.4. The summed E-state index contributed by atoms with van der Waals surface area (Å²) in [5.74, 6) is 0.0468. The van der Waals surface area contributed by atoms with Crippen molar-refractivity contribution in [1.29, 1.82) is 0 Å². The summed E-state index contributed by atoms with van der Waals surface area (Å²) in [7, 11) is 4.50. The van der Waals surface area contributed by atoms with Crippen LogP contribution < -0.4 is 14.8 Å². The van der Waals surface area contributed by atoms with Gasteiger partial charge in [-0.2, -0.15) is 0 Å². The van der Waals surface area contributed by atoms with Gasteiger partial charge in [0.1, 0.15) is 0 Å². The topological polar surface area (TPSA) is 73.9 Å². The van der Waals surface area contributed by atoms with Gasteiger partial charge in [0.05, 0.1) is 36.9 Å². The predicted octanol–water partition coefficient (Wildman–Crippen LogP) is 5.55. The molecule has 0 bridgehead atoms. The highest BCUT2D eigenvalue weighted by molar-refractivity contribution is 6.42. The maximum absolute atomic E-state index is 13.6. The minimum Gasteiger partial charge on any atom is -0.493 e. The first-order chi connectivity index (χ1) is 16.3. The standard InChI is InChI=1S/C26H25Cl2NO5/c1-13-23(26(31)34-4)24(15-5-7-17(27)18(28)9-15)25-19(29-13)10-16(11-20(25)30)14-6-8-21(32-2)22(12-14)33-3/h5-9,12,16,24,29H,10-11H2,1-4H3/t16-,24+/m0/s1. The number of ether oxygens (including phenoxy) is 3. The molecule has 0 radical (unpaired) electrons. The van der Waals surface area contributed by atoms with Crippen LogP contribution in [0.3, 0.4) is 0 Å². The number of allylic oxidation sites excluding steroid dienone is 3. The molecule has 0 saturated heterocycles. The highest BCUT2D eigenvalue weighted by atomic mass is 35.5. The number of rotatable bonds is 5. The van der Waals surface area contributed by atoms with Crippen LogP contribution in [-0.4, -0.2) is 33.1 Å². The van der Waals surface area contributed by atoms with Gasteiger partial charge in [-0.05, 0) is 54.7 Å². The van der Waals surface area contributed by atoms with Gasteiger partial charge in [-0.25, -0.2) is 4.79 Å². The number of carbonyl (C=O) groups is 2. The highest BCUT2D eigenvalue weighted by Gasteiger charge is 2.41. The van der Waals surface area contributed by atoms with Gasteiger partial charge in [-0.1, -0.05) is 35.3 Å². The average molecular weight is 502 g/mol. The molecule has 2 aromatic carbocycles. The number of dihydropyridines is 1. The first-order valence-corrected chi connectivity index (χ1v) is 11.5. The molecule has 2 atom stereocenters. The van der Waals surface area contributed by atoms with Gasteiger partial charge >= 0.3 is 5.97 Å². The lowest BCUT2D eigenvalue weighted by Crippen LogP contribution is -2.36. The number of hydrogen-bond acceptors (Lipinski definition) is 6. The van der Waals surface area contributed by atoms with Crippen LogP contribution >= 0.6 is 23.2 Å². The quantitative estimate of drug-likeness (QED) is 0.541. The summed E-state index contributed by atoms with van der Waals surface area (Å²) < 4.78 is 15.9. The lowest BCUT2D eigenvalue weighted by atomic mass is 9.71. The summed E-state index contributed by atoms with van der Waals surface area (Å²) in [6.07, 6.45) is 0.890. The van der Waals surface area contributed by atoms with E-state index in [2.05, 4.69) is 5.32 Å². The fraction of sp³-hybridized carbons (Fsp3) is 0.308. The van der Waals surface area contributed by atoms with E-state index in [1.54, 1.807) is 32.4 Å². The fourth-order valence-corrected chi connectivity index (χ4v) is 5.09. The molecule has 1 aliphatic carbocycles. The van der Waals surface area contributed by atoms with E-state index in [1.807, 2.05) is 25.1 Å². The molecular formula is C26H25Cl2NO5. The highest BCUT2D eigenvalue weighted by Crippen LogP contribution is 2.47. The predicted molar refractivity (Wildman–Crippen MR) is 131 cm³/mol. The first kappa shape index (κ1) is 24.2. The molecule has 0 fully saturated rings. The molecule has 2 aromatic rings. The maximum Gasteiger partial charge on any atom is 0.336 e. The Kier molecular flexibility index (Phi) is 6.91.